The predicted molar refractivity (Wildman–Crippen MR) is 58.2 cm³/mol. The van der Waals surface area contributed by atoms with Crippen molar-refractivity contribution in [3.05, 3.63) is 24.3 Å². The average Bonchev–Trinajstić information content (AvgIpc) is 2.29. The van der Waals surface area contributed by atoms with E-state index in [1.165, 1.54) is 0 Å². The lowest BCUT2D eigenvalue weighted by molar-refractivity contribution is 0.145. The smallest absolute Gasteiger partial charge is 0.161 e. The Morgan fingerprint density at radius 1 is 1.33 bits per heavy atom. The van der Waals surface area contributed by atoms with Crippen molar-refractivity contribution in [3.8, 4) is 11.5 Å². The first kappa shape index (κ1) is 11.8. The molecule has 0 bridgehead atoms. The third kappa shape index (κ3) is 3.77. The highest BCUT2D eigenvalue weighted by Gasteiger charge is 2.04. The van der Waals surface area contributed by atoms with Gasteiger partial charge in [-0.05, 0) is 12.1 Å². The molecule has 0 spiro atoms. The molecule has 4 heteroatoms. The van der Waals surface area contributed by atoms with E-state index in [1.807, 2.05) is 24.3 Å². The van der Waals surface area contributed by atoms with Gasteiger partial charge in [0.2, 0.25) is 0 Å². The average molecular weight is 211 g/mol. The molecule has 84 valence electrons. The molecule has 0 heterocycles. The molecular formula is C11H17NO3. The number of benzene rings is 1. The Balaban J connectivity index is 2.43. The lowest BCUT2D eigenvalue weighted by Crippen LogP contribution is -2.22. The zero-order valence-corrected chi connectivity index (χ0v) is 8.85. The van der Waals surface area contributed by atoms with Crippen LogP contribution in [-0.2, 0) is 0 Å². The van der Waals surface area contributed by atoms with Crippen molar-refractivity contribution < 1.29 is 14.6 Å². The van der Waals surface area contributed by atoms with E-state index in [0.29, 0.717) is 24.5 Å². The van der Waals surface area contributed by atoms with Gasteiger partial charge in [0, 0.05) is 13.0 Å². The highest BCUT2D eigenvalue weighted by molar-refractivity contribution is 5.39. The van der Waals surface area contributed by atoms with Crippen molar-refractivity contribution in [2.75, 3.05) is 20.3 Å². The van der Waals surface area contributed by atoms with E-state index in [0.717, 1.165) is 0 Å². The molecule has 1 rings (SSSR count). The number of ether oxygens (including phenoxy) is 2. The van der Waals surface area contributed by atoms with Crippen LogP contribution in [0.3, 0.4) is 0 Å². The Bertz CT molecular complexity index is 291. The van der Waals surface area contributed by atoms with Gasteiger partial charge in [-0.3, -0.25) is 0 Å². The summed E-state index contributed by atoms with van der Waals surface area (Å²) in [5.74, 6) is 1.38. The van der Waals surface area contributed by atoms with Gasteiger partial charge in [-0.15, -0.1) is 0 Å². The van der Waals surface area contributed by atoms with Gasteiger partial charge < -0.3 is 20.3 Å². The lowest BCUT2D eigenvalue weighted by Gasteiger charge is -2.11. The zero-order chi connectivity index (χ0) is 11.1. The number of nitrogens with two attached hydrogens (primary N) is 1. The van der Waals surface area contributed by atoms with Crippen LogP contribution in [0.15, 0.2) is 24.3 Å². The largest absolute Gasteiger partial charge is 0.493 e. The first-order chi connectivity index (χ1) is 7.27. The number of para-hydroxylation sites is 2. The standard InChI is InChI=1S/C11H17NO3/c1-14-10-4-2-3-5-11(10)15-7-6-9(13)8-12/h2-5,9,13H,6-8,12H2,1H3. The van der Waals surface area contributed by atoms with Crippen LogP contribution in [0.1, 0.15) is 6.42 Å². The summed E-state index contributed by atoms with van der Waals surface area (Å²) in [6.45, 7) is 0.689. The number of aliphatic hydroxyl groups excluding tert-OH is 1. The van der Waals surface area contributed by atoms with E-state index < -0.39 is 6.10 Å². The molecule has 4 nitrogen and oxygen atoms in total. The van der Waals surface area contributed by atoms with E-state index in [9.17, 15) is 5.11 Å². The molecule has 0 aliphatic heterocycles. The van der Waals surface area contributed by atoms with Crippen LogP contribution in [0, 0.1) is 0 Å². The Kier molecular flexibility index (Phi) is 4.93. The van der Waals surface area contributed by atoms with E-state index in [1.54, 1.807) is 7.11 Å². The van der Waals surface area contributed by atoms with Crippen molar-refractivity contribution in [2.45, 2.75) is 12.5 Å². The summed E-state index contributed by atoms with van der Waals surface area (Å²) in [7, 11) is 1.59. The molecule has 0 aliphatic rings. The highest BCUT2D eigenvalue weighted by atomic mass is 16.5. The predicted octanol–water partition coefficient (Wildman–Crippen LogP) is 0.784. The zero-order valence-electron chi connectivity index (χ0n) is 8.85. The summed E-state index contributed by atoms with van der Waals surface area (Å²) < 4.78 is 10.6. The summed E-state index contributed by atoms with van der Waals surface area (Å²) in [5.41, 5.74) is 5.28. The van der Waals surface area contributed by atoms with Gasteiger partial charge >= 0.3 is 0 Å². The second-order valence-electron chi connectivity index (χ2n) is 3.18. The molecule has 15 heavy (non-hydrogen) atoms. The summed E-state index contributed by atoms with van der Waals surface area (Å²) in [4.78, 5) is 0. The second kappa shape index (κ2) is 6.27. The fourth-order valence-electron chi connectivity index (χ4n) is 1.16. The molecular weight excluding hydrogens is 194 g/mol. The lowest BCUT2D eigenvalue weighted by atomic mass is 10.2. The van der Waals surface area contributed by atoms with Gasteiger partial charge in [0.1, 0.15) is 0 Å². The summed E-state index contributed by atoms with van der Waals surface area (Å²) >= 11 is 0. The van der Waals surface area contributed by atoms with Crippen LogP contribution in [-0.4, -0.2) is 31.5 Å². The van der Waals surface area contributed by atoms with Crippen LogP contribution >= 0.6 is 0 Å². The van der Waals surface area contributed by atoms with Crippen LogP contribution < -0.4 is 15.2 Å². The topological polar surface area (TPSA) is 64.7 Å². The van der Waals surface area contributed by atoms with Crippen molar-refractivity contribution in [3.63, 3.8) is 0 Å². The Hall–Kier alpha value is -1.26. The van der Waals surface area contributed by atoms with Gasteiger partial charge in [0.15, 0.2) is 11.5 Å². The first-order valence-corrected chi connectivity index (χ1v) is 4.92. The van der Waals surface area contributed by atoms with Gasteiger partial charge in [-0.25, -0.2) is 0 Å². The van der Waals surface area contributed by atoms with Crippen molar-refractivity contribution >= 4 is 0 Å². The molecule has 0 saturated carbocycles. The minimum absolute atomic E-state index is 0.259. The molecule has 0 amide bonds. The SMILES string of the molecule is COc1ccccc1OCCC(O)CN. The van der Waals surface area contributed by atoms with E-state index in [2.05, 4.69) is 0 Å². The fourth-order valence-corrected chi connectivity index (χ4v) is 1.16. The molecule has 1 aromatic carbocycles. The molecule has 0 radical (unpaired) electrons. The van der Waals surface area contributed by atoms with Gasteiger partial charge in [0.05, 0.1) is 19.8 Å². The second-order valence-corrected chi connectivity index (χ2v) is 3.18. The third-order valence-electron chi connectivity index (χ3n) is 2.05. The Morgan fingerprint density at radius 3 is 2.60 bits per heavy atom. The first-order valence-electron chi connectivity index (χ1n) is 4.92. The van der Waals surface area contributed by atoms with Gasteiger partial charge in [0.25, 0.3) is 0 Å². The molecule has 0 aromatic heterocycles. The molecule has 1 unspecified atom stereocenters. The van der Waals surface area contributed by atoms with E-state index in [4.69, 9.17) is 15.2 Å². The van der Waals surface area contributed by atoms with Crippen molar-refractivity contribution in [1.29, 1.82) is 0 Å². The molecule has 1 aromatic rings. The van der Waals surface area contributed by atoms with Crippen molar-refractivity contribution in [1.82, 2.24) is 0 Å². The minimum atomic E-state index is -0.500. The number of methoxy groups -OCH3 is 1. The number of hydrogen-bond acceptors (Lipinski definition) is 4. The number of hydrogen-bond donors (Lipinski definition) is 2. The molecule has 0 saturated heterocycles. The molecule has 0 fully saturated rings. The molecule has 1 atom stereocenters. The summed E-state index contributed by atoms with van der Waals surface area (Å²) in [6.07, 6.45) is 0.0221. The van der Waals surface area contributed by atoms with E-state index >= 15 is 0 Å². The minimum Gasteiger partial charge on any atom is -0.493 e. The van der Waals surface area contributed by atoms with Crippen LogP contribution in [0.25, 0.3) is 0 Å². The normalized spacial score (nSPS) is 12.2. The maximum atomic E-state index is 9.23. The van der Waals surface area contributed by atoms with Crippen LogP contribution in [0.4, 0.5) is 0 Å². The van der Waals surface area contributed by atoms with Crippen molar-refractivity contribution in [2.24, 2.45) is 5.73 Å². The number of rotatable bonds is 6. The summed E-state index contributed by atoms with van der Waals surface area (Å²) in [6, 6.07) is 7.40. The van der Waals surface area contributed by atoms with Crippen LogP contribution in [0.2, 0.25) is 0 Å². The quantitative estimate of drug-likeness (QED) is 0.730. The Labute approximate surface area is 89.6 Å². The van der Waals surface area contributed by atoms with Gasteiger partial charge in [-0.1, -0.05) is 12.1 Å². The fraction of sp³-hybridized carbons (Fsp3) is 0.455. The van der Waals surface area contributed by atoms with Crippen LogP contribution in [0.5, 0.6) is 11.5 Å². The molecule has 0 aliphatic carbocycles. The van der Waals surface area contributed by atoms with Gasteiger partial charge in [-0.2, -0.15) is 0 Å². The molecule has 3 N–H and O–H groups in total. The third-order valence-corrected chi connectivity index (χ3v) is 2.05. The highest BCUT2D eigenvalue weighted by Crippen LogP contribution is 2.25. The summed E-state index contributed by atoms with van der Waals surface area (Å²) in [5, 5.41) is 9.23. The Morgan fingerprint density at radius 2 is 2.00 bits per heavy atom. The monoisotopic (exact) mass is 211 g/mol. The maximum Gasteiger partial charge on any atom is 0.161 e. The number of aliphatic hydroxyl groups is 1. The maximum absolute atomic E-state index is 9.23. The van der Waals surface area contributed by atoms with E-state index in [-0.39, 0.29) is 6.54 Å².